The number of rotatable bonds is 9. The molecule has 7 heteroatoms. The molecular weight excluding hydrogens is 328 g/mol. The number of nitriles is 1. The average Bonchev–Trinajstić information content (AvgIpc) is 2.45. The molecule has 0 aliphatic rings. The van der Waals surface area contributed by atoms with Crippen LogP contribution in [-0.2, 0) is 10.0 Å². The normalized spacial score (nSPS) is 11.3. The third kappa shape index (κ3) is 6.27. The van der Waals surface area contributed by atoms with Crippen molar-refractivity contribution in [1.82, 2.24) is 4.72 Å². The molecule has 0 atom stereocenters. The van der Waals surface area contributed by atoms with Gasteiger partial charge in [-0.1, -0.05) is 24.4 Å². The molecule has 1 aromatic rings. The van der Waals surface area contributed by atoms with Gasteiger partial charge in [0.2, 0.25) is 10.0 Å². The van der Waals surface area contributed by atoms with E-state index in [1.807, 2.05) is 17.8 Å². The maximum absolute atomic E-state index is 12.1. The first kappa shape index (κ1) is 18.3. The molecule has 0 aliphatic carbocycles. The van der Waals surface area contributed by atoms with Crippen molar-refractivity contribution >= 4 is 33.4 Å². The lowest BCUT2D eigenvalue weighted by atomic mass is 10.2. The molecule has 1 aromatic carbocycles. The van der Waals surface area contributed by atoms with Gasteiger partial charge in [-0.15, -0.1) is 0 Å². The number of nitrogens with one attached hydrogen (secondary N) is 1. The van der Waals surface area contributed by atoms with Crippen LogP contribution in [0.5, 0.6) is 0 Å². The van der Waals surface area contributed by atoms with Crippen LogP contribution < -0.4 is 4.72 Å². The number of unbranched alkanes of at least 4 members (excludes halogenated alkanes) is 3. The number of nitrogens with zero attached hydrogens (tertiary/aromatic N) is 1. The molecule has 1 rings (SSSR count). The van der Waals surface area contributed by atoms with E-state index in [1.165, 1.54) is 18.2 Å². The van der Waals surface area contributed by atoms with Crippen LogP contribution in [0.2, 0.25) is 5.02 Å². The van der Waals surface area contributed by atoms with Gasteiger partial charge in [0.05, 0.1) is 16.7 Å². The smallest absolute Gasteiger partial charge is 0.211 e. The second-order valence-electron chi connectivity index (χ2n) is 4.56. The zero-order valence-electron chi connectivity index (χ0n) is 11.9. The standard InChI is InChI=1S/C14H19ClN2O2S2/c1-20-9-5-3-2-4-8-17-21(18,19)14-7-6-12(11-16)10-13(14)15/h6-7,10,17H,2-5,8-9H2,1H3. The number of hydrogen-bond acceptors (Lipinski definition) is 4. The highest BCUT2D eigenvalue weighted by atomic mass is 35.5. The number of thioether (sulfide) groups is 1. The SMILES string of the molecule is CSCCCCCCNS(=O)(=O)c1ccc(C#N)cc1Cl. The molecule has 21 heavy (non-hydrogen) atoms. The fourth-order valence-corrected chi connectivity index (χ4v) is 3.91. The average molecular weight is 347 g/mol. The Morgan fingerprint density at radius 3 is 2.62 bits per heavy atom. The zero-order chi connectivity index (χ0) is 15.7. The third-order valence-corrected chi connectivity index (χ3v) is 5.56. The van der Waals surface area contributed by atoms with Gasteiger partial charge in [-0.3, -0.25) is 0 Å². The van der Waals surface area contributed by atoms with E-state index in [0.717, 1.165) is 31.4 Å². The minimum atomic E-state index is -3.61. The Hall–Kier alpha value is -0.740. The maximum atomic E-state index is 12.1. The van der Waals surface area contributed by atoms with Crippen LogP contribution in [0.25, 0.3) is 0 Å². The second kappa shape index (κ2) is 9.31. The summed E-state index contributed by atoms with van der Waals surface area (Å²) in [7, 11) is -3.61. The summed E-state index contributed by atoms with van der Waals surface area (Å²) < 4.78 is 26.8. The van der Waals surface area contributed by atoms with E-state index in [0.29, 0.717) is 12.1 Å². The second-order valence-corrected chi connectivity index (χ2v) is 7.69. The fraction of sp³-hybridized carbons (Fsp3) is 0.500. The summed E-state index contributed by atoms with van der Waals surface area (Å²) in [5.74, 6) is 1.15. The van der Waals surface area contributed by atoms with Crippen molar-refractivity contribution in [3.63, 3.8) is 0 Å². The zero-order valence-corrected chi connectivity index (χ0v) is 14.3. The number of benzene rings is 1. The van der Waals surface area contributed by atoms with Gasteiger partial charge in [-0.05, 0) is 43.0 Å². The molecule has 0 saturated heterocycles. The van der Waals surface area contributed by atoms with Crippen molar-refractivity contribution in [2.24, 2.45) is 0 Å². The molecule has 0 heterocycles. The molecular formula is C14H19ClN2O2S2. The summed E-state index contributed by atoms with van der Waals surface area (Å²) >= 11 is 7.74. The van der Waals surface area contributed by atoms with Gasteiger partial charge in [0.15, 0.2) is 0 Å². The Kier molecular flexibility index (Phi) is 8.12. The molecule has 0 saturated carbocycles. The summed E-state index contributed by atoms with van der Waals surface area (Å²) in [6, 6.07) is 6.09. The Morgan fingerprint density at radius 2 is 2.00 bits per heavy atom. The highest BCUT2D eigenvalue weighted by Gasteiger charge is 2.17. The molecule has 0 unspecified atom stereocenters. The minimum Gasteiger partial charge on any atom is -0.211 e. The van der Waals surface area contributed by atoms with E-state index in [9.17, 15) is 8.42 Å². The largest absolute Gasteiger partial charge is 0.242 e. The van der Waals surface area contributed by atoms with Gasteiger partial charge in [-0.2, -0.15) is 17.0 Å². The van der Waals surface area contributed by atoms with Gasteiger partial charge < -0.3 is 0 Å². The predicted molar refractivity (Wildman–Crippen MR) is 88.2 cm³/mol. The molecule has 1 N–H and O–H groups in total. The van der Waals surface area contributed by atoms with Crippen molar-refractivity contribution in [3.05, 3.63) is 28.8 Å². The first-order valence-corrected chi connectivity index (χ1v) is 9.95. The molecule has 0 bridgehead atoms. The Morgan fingerprint density at radius 1 is 1.29 bits per heavy atom. The molecule has 116 valence electrons. The van der Waals surface area contributed by atoms with Crippen LogP contribution in [0.15, 0.2) is 23.1 Å². The fourth-order valence-electron chi connectivity index (χ4n) is 1.80. The van der Waals surface area contributed by atoms with Gasteiger partial charge in [0.1, 0.15) is 4.90 Å². The lowest BCUT2D eigenvalue weighted by Crippen LogP contribution is -2.25. The van der Waals surface area contributed by atoms with Crippen LogP contribution in [0.1, 0.15) is 31.2 Å². The monoisotopic (exact) mass is 346 g/mol. The first-order chi connectivity index (χ1) is 10.0. The molecule has 0 amide bonds. The van der Waals surface area contributed by atoms with E-state index >= 15 is 0 Å². The van der Waals surface area contributed by atoms with E-state index in [-0.39, 0.29) is 9.92 Å². The van der Waals surface area contributed by atoms with Gasteiger partial charge in [-0.25, -0.2) is 13.1 Å². The van der Waals surface area contributed by atoms with Crippen molar-refractivity contribution < 1.29 is 8.42 Å². The Bertz CT molecular complexity index is 597. The summed E-state index contributed by atoms with van der Waals surface area (Å²) in [6.45, 7) is 0.401. The summed E-state index contributed by atoms with van der Waals surface area (Å²) in [4.78, 5) is 0.0190. The minimum absolute atomic E-state index is 0.0190. The molecule has 0 aliphatic heterocycles. The summed E-state index contributed by atoms with van der Waals surface area (Å²) in [6.07, 6.45) is 6.16. The predicted octanol–water partition coefficient (Wildman–Crippen LogP) is 3.41. The molecule has 0 fully saturated rings. The molecule has 0 radical (unpaired) electrons. The van der Waals surface area contributed by atoms with E-state index in [1.54, 1.807) is 0 Å². The van der Waals surface area contributed by atoms with Gasteiger partial charge in [0, 0.05) is 6.54 Å². The van der Waals surface area contributed by atoms with Crippen LogP contribution in [0.3, 0.4) is 0 Å². The number of hydrogen-bond donors (Lipinski definition) is 1. The quantitative estimate of drug-likeness (QED) is 0.695. The van der Waals surface area contributed by atoms with Crippen molar-refractivity contribution in [1.29, 1.82) is 5.26 Å². The van der Waals surface area contributed by atoms with Crippen molar-refractivity contribution in [2.75, 3.05) is 18.6 Å². The molecule has 0 aromatic heterocycles. The third-order valence-electron chi connectivity index (χ3n) is 2.92. The first-order valence-electron chi connectivity index (χ1n) is 6.69. The van der Waals surface area contributed by atoms with Gasteiger partial charge >= 0.3 is 0 Å². The maximum Gasteiger partial charge on any atom is 0.242 e. The van der Waals surface area contributed by atoms with Gasteiger partial charge in [0.25, 0.3) is 0 Å². The van der Waals surface area contributed by atoms with Crippen molar-refractivity contribution in [2.45, 2.75) is 30.6 Å². The Balaban J connectivity index is 2.49. The lowest BCUT2D eigenvalue weighted by Gasteiger charge is -2.08. The highest BCUT2D eigenvalue weighted by molar-refractivity contribution is 7.98. The van der Waals surface area contributed by atoms with Crippen molar-refractivity contribution in [3.8, 4) is 6.07 Å². The number of sulfonamides is 1. The van der Waals surface area contributed by atoms with E-state index in [2.05, 4.69) is 11.0 Å². The van der Waals surface area contributed by atoms with E-state index < -0.39 is 10.0 Å². The van der Waals surface area contributed by atoms with Crippen LogP contribution in [0.4, 0.5) is 0 Å². The summed E-state index contributed by atoms with van der Waals surface area (Å²) in [5.41, 5.74) is 0.341. The van der Waals surface area contributed by atoms with Crippen LogP contribution in [-0.4, -0.2) is 27.0 Å². The lowest BCUT2D eigenvalue weighted by molar-refractivity contribution is 0.574. The Labute approximate surface area is 135 Å². The highest BCUT2D eigenvalue weighted by Crippen LogP contribution is 2.22. The van der Waals surface area contributed by atoms with Crippen LogP contribution in [0, 0.1) is 11.3 Å². The molecule has 0 spiro atoms. The van der Waals surface area contributed by atoms with Crippen LogP contribution >= 0.6 is 23.4 Å². The molecule has 4 nitrogen and oxygen atoms in total. The summed E-state index contributed by atoms with van der Waals surface area (Å²) in [5, 5.41) is 8.81. The topological polar surface area (TPSA) is 70.0 Å². The van der Waals surface area contributed by atoms with E-state index in [4.69, 9.17) is 16.9 Å². The number of halogens is 1.